The zero-order valence-corrected chi connectivity index (χ0v) is 12.8. The molecule has 1 aromatic carbocycles. The molecule has 4 nitrogen and oxygen atoms in total. The summed E-state index contributed by atoms with van der Waals surface area (Å²) >= 11 is 0. The first-order valence-electron chi connectivity index (χ1n) is 7.77. The van der Waals surface area contributed by atoms with Crippen LogP contribution in [0.3, 0.4) is 0 Å². The number of nitrogens with zero attached hydrogens (tertiary/aromatic N) is 1. The van der Waals surface area contributed by atoms with Gasteiger partial charge in [-0.15, -0.1) is 0 Å². The molecule has 1 atom stereocenters. The van der Waals surface area contributed by atoms with Crippen molar-refractivity contribution in [2.75, 3.05) is 20.8 Å². The number of hydrogen-bond acceptors (Lipinski definition) is 3. The molecule has 1 aliphatic carbocycles. The first-order valence-corrected chi connectivity index (χ1v) is 7.77. The van der Waals surface area contributed by atoms with Gasteiger partial charge in [0.2, 0.25) is 5.91 Å². The van der Waals surface area contributed by atoms with Crippen molar-refractivity contribution in [1.82, 2.24) is 4.90 Å². The van der Waals surface area contributed by atoms with Gasteiger partial charge in [0.25, 0.3) is 0 Å². The molecular weight excluding hydrogens is 266 g/mol. The van der Waals surface area contributed by atoms with E-state index in [0.717, 1.165) is 49.3 Å². The van der Waals surface area contributed by atoms with E-state index in [4.69, 9.17) is 9.47 Å². The van der Waals surface area contributed by atoms with Crippen LogP contribution in [-0.2, 0) is 4.79 Å². The topological polar surface area (TPSA) is 38.8 Å². The van der Waals surface area contributed by atoms with E-state index in [0.29, 0.717) is 5.91 Å². The van der Waals surface area contributed by atoms with Crippen molar-refractivity contribution in [3.05, 3.63) is 23.8 Å². The summed E-state index contributed by atoms with van der Waals surface area (Å²) in [5.41, 5.74) is 1.10. The van der Waals surface area contributed by atoms with Crippen LogP contribution in [0, 0.1) is 5.92 Å². The van der Waals surface area contributed by atoms with Gasteiger partial charge in [0.05, 0.1) is 20.3 Å². The molecule has 3 rings (SSSR count). The maximum Gasteiger partial charge on any atom is 0.226 e. The van der Waals surface area contributed by atoms with E-state index in [9.17, 15) is 4.79 Å². The quantitative estimate of drug-likeness (QED) is 0.854. The molecule has 0 spiro atoms. The number of rotatable bonds is 4. The molecule has 0 N–H and O–H groups in total. The SMILES string of the molecule is COc1ccc(C2CCCN2C(=O)C2CCC2)c(OC)c1. The van der Waals surface area contributed by atoms with Crippen LogP contribution < -0.4 is 9.47 Å². The predicted molar refractivity (Wildman–Crippen MR) is 80.6 cm³/mol. The molecule has 1 heterocycles. The van der Waals surface area contributed by atoms with Gasteiger partial charge >= 0.3 is 0 Å². The summed E-state index contributed by atoms with van der Waals surface area (Å²) in [6.07, 6.45) is 5.39. The lowest BCUT2D eigenvalue weighted by molar-refractivity contribution is -0.139. The van der Waals surface area contributed by atoms with Gasteiger partial charge in [-0.05, 0) is 37.8 Å². The van der Waals surface area contributed by atoms with E-state index in [-0.39, 0.29) is 12.0 Å². The monoisotopic (exact) mass is 289 g/mol. The number of ether oxygens (including phenoxy) is 2. The summed E-state index contributed by atoms with van der Waals surface area (Å²) in [5.74, 6) is 2.19. The molecule has 4 heteroatoms. The molecule has 2 fully saturated rings. The molecule has 114 valence electrons. The minimum Gasteiger partial charge on any atom is -0.497 e. The van der Waals surface area contributed by atoms with Crippen molar-refractivity contribution in [2.45, 2.75) is 38.1 Å². The maximum absolute atomic E-state index is 12.6. The Morgan fingerprint density at radius 1 is 1.14 bits per heavy atom. The summed E-state index contributed by atoms with van der Waals surface area (Å²) in [6.45, 7) is 0.870. The first-order chi connectivity index (χ1) is 10.2. The largest absolute Gasteiger partial charge is 0.497 e. The molecule has 2 aliphatic rings. The van der Waals surface area contributed by atoms with Crippen LogP contribution in [-0.4, -0.2) is 31.6 Å². The standard InChI is InChI=1S/C17H23NO3/c1-20-13-8-9-14(16(11-13)21-2)15-7-4-10-18(15)17(19)12-5-3-6-12/h8-9,11-12,15H,3-7,10H2,1-2H3. The Labute approximate surface area is 126 Å². The van der Waals surface area contributed by atoms with Gasteiger partial charge < -0.3 is 14.4 Å². The minimum atomic E-state index is 0.152. The van der Waals surface area contributed by atoms with Crippen molar-refractivity contribution in [2.24, 2.45) is 5.92 Å². The fourth-order valence-electron chi connectivity index (χ4n) is 3.34. The number of hydrogen-bond donors (Lipinski definition) is 0. The molecule has 0 bridgehead atoms. The van der Waals surface area contributed by atoms with E-state index in [1.165, 1.54) is 6.42 Å². The maximum atomic E-state index is 12.6. The Kier molecular flexibility index (Phi) is 4.04. The van der Waals surface area contributed by atoms with Crippen molar-refractivity contribution in [3.8, 4) is 11.5 Å². The zero-order chi connectivity index (χ0) is 14.8. The number of carbonyl (C=O) groups is 1. The van der Waals surface area contributed by atoms with Gasteiger partial charge in [0.15, 0.2) is 0 Å². The number of methoxy groups -OCH3 is 2. The van der Waals surface area contributed by atoms with Gasteiger partial charge in [-0.25, -0.2) is 0 Å². The van der Waals surface area contributed by atoms with Gasteiger partial charge in [-0.2, -0.15) is 0 Å². The van der Waals surface area contributed by atoms with Crippen LogP contribution in [0.2, 0.25) is 0 Å². The molecule has 1 aromatic rings. The molecule has 0 aromatic heterocycles. The number of benzene rings is 1. The fraction of sp³-hybridized carbons (Fsp3) is 0.588. The molecule has 1 saturated carbocycles. The fourth-order valence-corrected chi connectivity index (χ4v) is 3.34. The van der Waals surface area contributed by atoms with E-state index < -0.39 is 0 Å². The normalized spacial score (nSPS) is 22.0. The van der Waals surface area contributed by atoms with E-state index in [1.54, 1.807) is 14.2 Å². The predicted octanol–water partition coefficient (Wildman–Crippen LogP) is 3.17. The first kappa shape index (κ1) is 14.2. The second-order valence-electron chi connectivity index (χ2n) is 5.93. The van der Waals surface area contributed by atoms with Gasteiger partial charge in [0.1, 0.15) is 11.5 Å². The van der Waals surface area contributed by atoms with Crippen LogP contribution in [0.4, 0.5) is 0 Å². The molecule has 1 unspecified atom stereocenters. The number of likely N-dealkylation sites (tertiary alicyclic amines) is 1. The highest BCUT2D eigenvalue weighted by molar-refractivity contribution is 5.80. The van der Waals surface area contributed by atoms with Crippen LogP contribution >= 0.6 is 0 Å². The second-order valence-corrected chi connectivity index (χ2v) is 5.93. The second kappa shape index (κ2) is 5.96. The molecule has 1 aliphatic heterocycles. The van der Waals surface area contributed by atoms with E-state index in [1.807, 2.05) is 18.2 Å². The van der Waals surface area contributed by atoms with Crippen LogP contribution in [0.15, 0.2) is 18.2 Å². The third-order valence-corrected chi connectivity index (χ3v) is 4.79. The van der Waals surface area contributed by atoms with Crippen LogP contribution in [0.25, 0.3) is 0 Å². The van der Waals surface area contributed by atoms with E-state index >= 15 is 0 Å². The lowest BCUT2D eigenvalue weighted by Gasteiger charge is -2.33. The summed E-state index contributed by atoms with van der Waals surface area (Å²) < 4.78 is 10.8. The molecule has 1 amide bonds. The summed E-state index contributed by atoms with van der Waals surface area (Å²) in [5, 5.41) is 0. The third-order valence-electron chi connectivity index (χ3n) is 4.79. The molecule has 21 heavy (non-hydrogen) atoms. The lowest BCUT2D eigenvalue weighted by Crippen LogP contribution is -2.38. The summed E-state index contributed by atoms with van der Waals surface area (Å²) in [4.78, 5) is 14.7. The highest BCUT2D eigenvalue weighted by Gasteiger charge is 2.37. The van der Waals surface area contributed by atoms with Gasteiger partial charge in [-0.3, -0.25) is 4.79 Å². The van der Waals surface area contributed by atoms with Crippen molar-refractivity contribution < 1.29 is 14.3 Å². The molecule has 0 radical (unpaired) electrons. The Hall–Kier alpha value is -1.71. The minimum absolute atomic E-state index is 0.152. The summed E-state index contributed by atoms with van der Waals surface area (Å²) in [6, 6.07) is 6.04. The number of amides is 1. The summed E-state index contributed by atoms with van der Waals surface area (Å²) in [7, 11) is 3.32. The molecule has 1 saturated heterocycles. The average Bonchev–Trinajstić information content (AvgIpc) is 2.93. The molecular formula is C17H23NO3. The zero-order valence-electron chi connectivity index (χ0n) is 12.8. The van der Waals surface area contributed by atoms with Crippen molar-refractivity contribution >= 4 is 5.91 Å². The average molecular weight is 289 g/mol. The smallest absolute Gasteiger partial charge is 0.226 e. The highest BCUT2D eigenvalue weighted by Crippen LogP contribution is 2.41. The lowest BCUT2D eigenvalue weighted by atomic mass is 9.84. The van der Waals surface area contributed by atoms with E-state index in [2.05, 4.69) is 4.90 Å². The van der Waals surface area contributed by atoms with Gasteiger partial charge in [-0.1, -0.05) is 6.42 Å². The Balaban J connectivity index is 1.85. The van der Waals surface area contributed by atoms with Gasteiger partial charge in [0, 0.05) is 24.1 Å². The Morgan fingerprint density at radius 3 is 2.57 bits per heavy atom. The number of carbonyl (C=O) groups excluding carboxylic acids is 1. The third kappa shape index (κ3) is 2.59. The Morgan fingerprint density at radius 2 is 1.95 bits per heavy atom. The highest BCUT2D eigenvalue weighted by atomic mass is 16.5. The Bertz CT molecular complexity index is 525. The van der Waals surface area contributed by atoms with Crippen LogP contribution in [0.1, 0.15) is 43.7 Å². The van der Waals surface area contributed by atoms with Crippen molar-refractivity contribution in [3.63, 3.8) is 0 Å². The van der Waals surface area contributed by atoms with Crippen molar-refractivity contribution in [1.29, 1.82) is 0 Å². The van der Waals surface area contributed by atoms with Crippen LogP contribution in [0.5, 0.6) is 11.5 Å².